The van der Waals surface area contributed by atoms with Crippen molar-refractivity contribution in [3.8, 4) is 0 Å². The van der Waals surface area contributed by atoms with Gasteiger partial charge in [0.05, 0.1) is 7.11 Å². The van der Waals surface area contributed by atoms with Gasteiger partial charge in [-0.3, -0.25) is 5.48 Å². The van der Waals surface area contributed by atoms with Crippen LogP contribution in [0.3, 0.4) is 0 Å². The van der Waals surface area contributed by atoms with Gasteiger partial charge in [-0.1, -0.05) is 32.1 Å². The molecule has 0 spiro atoms. The minimum Gasteiger partial charge on any atom is -0.255 e. The summed E-state index contributed by atoms with van der Waals surface area (Å²) in [7, 11) is 0.750. The van der Waals surface area contributed by atoms with E-state index in [1.807, 2.05) is 0 Å². The van der Waals surface area contributed by atoms with Crippen molar-refractivity contribution in [1.82, 2.24) is 0 Å². The monoisotopic (exact) mass is 131 g/mol. The van der Waals surface area contributed by atoms with Gasteiger partial charge in [-0.05, 0) is 6.42 Å². The van der Waals surface area contributed by atoms with E-state index in [1.54, 1.807) is 0 Å². The zero-order valence-corrected chi connectivity index (χ0v) is 5.97. The molecule has 1 N–H and O–H groups in total. The molecule has 1 aliphatic rings. The quantitative estimate of drug-likeness (QED) is 0.523. The van der Waals surface area contributed by atoms with Crippen LogP contribution in [0.15, 0.2) is 0 Å². The van der Waals surface area contributed by atoms with Crippen LogP contribution in [0.2, 0.25) is 0 Å². The average molecular weight is 131 g/mol. The van der Waals surface area contributed by atoms with Crippen LogP contribution in [0, 0.1) is 6.42 Å². The predicted molar refractivity (Wildman–Crippen MR) is 35.9 cm³/mol. The molecule has 0 atom stereocenters. The lowest BCUT2D eigenvalue weighted by Gasteiger charge is -2.05. The second-order valence-corrected chi connectivity index (χ2v) is 1.93. The van der Waals surface area contributed by atoms with Crippen LogP contribution in [0.25, 0.3) is 0 Å². The molecule has 0 aromatic rings. The standard InChI is InChI=1S/C6H11.CH3O.HO/c1-2-4-6-5-3-1;1-2;/h1H,2-6H2;1H3;1H. The Morgan fingerprint density at radius 1 is 1.00 bits per heavy atom. The van der Waals surface area contributed by atoms with Gasteiger partial charge in [0, 0.05) is 0 Å². The van der Waals surface area contributed by atoms with Crippen molar-refractivity contribution in [2.75, 3.05) is 7.11 Å². The Morgan fingerprint density at radius 2 is 1.44 bits per heavy atom. The predicted octanol–water partition coefficient (Wildman–Crippen LogP) is 2.02. The van der Waals surface area contributed by atoms with E-state index >= 15 is 0 Å². The summed E-state index contributed by atoms with van der Waals surface area (Å²) in [4.78, 5) is 0. The fraction of sp³-hybridized carbons (Fsp3) is 0.857. The summed E-state index contributed by atoms with van der Waals surface area (Å²) in [5, 5.41) is 8.25. The SMILES string of the molecule is C[O].[CH]1CCCCC1.[OH]. The van der Waals surface area contributed by atoms with Crippen LogP contribution in [0.4, 0.5) is 0 Å². The van der Waals surface area contributed by atoms with E-state index in [4.69, 9.17) is 5.11 Å². The van der Waals surface area contributed by atoms with Crippen molar-refractivity contribution < 1.29 is 10.6 Å². The van der Waals surface area contributed by atoms with Crippen molar-refractivity contribution in [1.29, 1.82) is 0 Å². The van der Waals surface area contributed by atoms with E-state index in [-0.39, 0.29) is 5.48 Å². The highest BCUT2D eigenvalue weighted by Gasteiger charge is 1.95. The Morgan fingerprint density at radius 3 is 1.56 bits per heavy atom. The van der Waals surface area contributed by atoms with Gasteiger partial charge >= 0.3 is 0 Å². The highest BCUT2D eigenvalue weighted by Crippen LogP contribution is 2.14. The van der Waals surface area contributed by atoms with E-state index < -0.39 is 0 Å². The summed E-state index contributed by atoms with van der Waals surface area (Å²) in [5.41, 5.74) is 0. The molecule has 0 amide bonds. The van der Waals surface area contributed by atoms with Gasteiger partial charge < -0.3 is 0 Å². The van der Waals surface area contributed by atoms with Crippen molar-refractivity contribution in [2.24, 2.45) is 0 Å². The molecule has 9 heavy (non-hydrogen) atoms. The number of hydrogen-bond acceptors (Lipinski definition) is 0. The van der Waals surface area contributed by atoms with E-state index in [2.05, 4.69) is 6.42 Å². The smallest absolute Gasteiger partial charge is 0.0712 e. The van der Waals surface area contributed by atoms with Crippen LogP contribution < -0.4 is 0 Å². The second kappa shape index (κ2) is 10.8. The Labute approximate surface area is 57.2 Å². The zero-order chi connectivity index (χ0) is 6.24. The maximum Gasteiger partial charge on any atom is 0.0712 e. The molecular formula is C7H15O2. The molecule has 0 aliphatic heterocycles. The van der Waals surface area contributed by atoms with Gasteiger partial charge in [-0.2, -0.15) is 0 Å². The van der Waals surface area contributed by atoms with E-state index in [1.165, 1.54) is 32.1 Å². The Hall–Kier alpha value is -0.0800. The fourth-order valence-corrected chi connectivity index (χ4v) is 0.898. The molecule has 55 valence electrons. The molecular weight excluding hydrogens is 116 g/mol. The molecule has 0 bridgehead atoms. The lowest BCUT2D eigenvalue weighted by atomic mass is 10.0. The molecule has 1 rings (SSSR count). The number of rotatable bonds is 0. The second-order valence-electron chi connectivity index (χ2n) is 1.93. The molecule has 3 radical (unpaired) electrons. The third kappa shape index (κ3) is 7.92. The van der Waals surface area contributed by atoms with Crippen molar-refractivity contribution in [3.05, 3.63) is 6.42 Å². The summed E-state index contributed by atoms with van der Waals surface area (Å²) in [6.45, 7) is 0. The topological polar surface area (TPSA) is 49.9 Å². The van der Waals surface area contributed by atoms with E-state index in [0.717, 1.165) is 7.11 Å². The summed E-state index contributed by atoms with van der Waals surface area (Å²) in [5.74, 6) is 0. The Bertz CT molecular complexity index is 22.4. The molecule has 0 heterocycles. The lowest BCUT2D eigenvalue weighted by Crippen LogP contribution is -1.87. The van der Waals surface area contributed by atoms with Gasteiger partial charge in [0.25, 0.3) is 0 Å². The first-order valence-electron chi connectivity index (χ1n) is 3.22. The van der Waals surface area contributed by atoms with Crippen LogP contribution in [0.5, 0.6) is 0 Å². The molecule has 0 unspecified atom stereocenters. The van der Waals surface area contributed by atoms with E-state index in [9.17, 15) is 0 Å². The first-order valence-corrected chi connectivity index (χ1v) is 3.22. The van der Waals surface area contributed by atoms with Crippen LogP contribution >= 0.6 is 0 Å². The highest BCUT2D eigenvalue weighted by molar-refractivity contribution is 4.69. The van der Waals surface area contributed by atoms with Crippen LogP contribution in [-0.4, -0.2) is 12.6 Å². The van der Waals surface area contributed by atoms with Gasteiger partial charge in [0.15, 0.2) is 0 Å². The van der Waals surface area contributed by atoms with Gasteiger partial charge in [0.2, 0.25) is 0 Å². The zero-order valence-electron chi connectivity index (χ0n) is 5.97. The summed E-state index contributed by atoms with van der Waals surface area (Å²) < 4.78 is 0. The van der Waals surface area contributed by atoms with Gasteiger partial charge in [-0.25, -0.2) is 5.11 Å². The molecule has 2 heteroatoms. The third-order valence-electron chi connectivity index (χ3n) is 1.32. The van der Waals surface area contributed by atoms with Crippen LogP contribution in [0.1, 0.15) is 32.1 Å². The third-order valence-corrected chi connectivity index (χ3v) is 1.32. The molecule has 2 nitrogen and oxygen atoms in total. The number of hydrogen-bond donors (Lipinski definition) is 1. The Kier molecular flexibility index (Phi) is 14.0. The minimum absolute atomic E-state index is 0. The highest BCUT2D eigenvalue weighted by atomic mass is 16.2. The normalized spacial score (nSPS) is 16.7. The average Bonchev–Trinajstić information content (AvgIpc) is 1.96. The molecule has 1 saturated carbocycles. The van der Waals surface area contributed by atoms with Crippen molar-refractivity contribution in [3.63, 3.8) is 0 Å². The van der Waals surface area contributed by atoms with Crippen molar-refractivity contribution in [2.45, 2.75) is 32.1 Å². The lowest BCUT2D eigenvalue weighted by molar-refractivity contribution is 0.282. The summed E-state index contributed by atoms with van der Waals surface area (Å²) in [6, 6.07) is 0. The summed E-state index contributed by atoms with van der Waals surface area (Å²) in [6.07, 6.45) is 9.50. The molecule has 0 aromatic heterocycles. The largest absolute Gasteiger partial charge is 0.255 e. The molecule has 0 aromatic carbocycles. The maximum absolute atomic E-state index is 8.25. The molecule has 1 aliphatic carbocycles. The maximum atomic E-state index is 8.25. The van der Waals surface area contributed by atoms with Crippen molar-refractivity contribution >= 4 is 0 Å². The summed E-state index contributed by atoms with van der Waals surface area (Å²) >= 11 is 0. The van der Waals surface area contributed by atoms with Gasteiger partial charge in [0.1, 0.15) is 0 Å². The molecule has 0 saturated heterocycles. The van der Waals surface area contributed by atoms with Gasteiger partial charge in [-0.15, -0.1) is 0 Å². The Balaban J connectivity index is 0. The van der Waals surface area contributed by atoms with Crippen LogP contribution in [-0.2, 0) is 5.11 Å². The molecule has 1 fully saturated rings. The minimum atomic E-state index is 0. The first-order chi connectivity index (χ1) is 4.00. The van der Waals surface area contributed by atoms with E-state index in [0.29, 0.717) is 0 Å². The first kappa shape index (κ1) is 11.7. The fourth-order valence-electron chi connectivity index (χ4n) is 0.898.